The Bertz CT molecular complexity index is 2550. The molecule has 0 unspecified atom stereocenters. The molecule has 0 aliphatic heterocycles. The highest BCUT2D eigenvalue weighted by Crippen LogP contribution is 2.51. The van der Waals surface area contributed by atoms with E-state index in [1.165, 1.54) is 100 Å². The van der Waals surface area contributed by atoms with E-state index in [4.69, 9.17) is 0 Å². The SMILES string of the molecule is CC1(C)c2ccccc2-c2ccc(-c3cc(-c4ccccc4)cc(-c4cc(-c5ccccc5)cc(-c5ccc6c(c5)C(C)(C)c5ccccc5-6)c4)c3)cc21. The normalized spacial score (nSPS) is 14.2. The summed E-state index contributed by atoms with van der Waals surface area (Å²) < 4.78 is 0. The summed E-state index contributed by atoms with van der Waals surface area (Å²) in [5, 5.41) is 0. The van der Waals surface area contributed by atoms with E-state index in [9.17, 15) is 0 Å². The van der Waals surface area contributed by atoms with Gasteiger partial charge in [-0.25, -0.2) is 0 Å². The highest BCUT2D eigenvalue weighted by Gasteiger charge is 2.36. The van der Waals surface area contributed by atoms with Crippen LogP contribution in [0.4, 0.5) is 0 Å². The van der Waals surface area contributed by atoms with Crippen molar-refractivity contribution in [2.24, 2.45) is 0 Å². The van der Waals surface area contributed by atoms with Crippen molar-refractivity contribution >= 4 is 0 Å². The lowest BCUT2D eigenvalue weighted by Gasteiger charge is -2.22. The summed E-state index contributed by atoms with van der Waals surface area (Å²) in [6.07, 6.45) is 0. The number of fused-ring (bicyclic) bond motifs is 6. The number of hydrogen-bond acceptors (Lipinski definition) is 0. The summed E-state index contributed by atoms with van der Waals surface area (Å²) >= 11 is 0. The van der Waals surface area contributed by atoms with Gasteiger partial charge in [-0.15, -0.1) is 0 Å². The Morgan fingerprint density at radius 3 is 0.907 bits per heavy atom. The quantitative estimate of drug-likeness (QED) is 0.169. The number of hydrogen-bond donors (Lipinski definition) is 0. The predicted molar refractivity (Wildman–Crippen MR) is 229 cm³/mol. The molecule has 0 saturated heterocycles. The highest BCUT2D eigenvalue weighted by molar-refractivity contribution is 5.90. The summed E-state index contributed by atoms with van der Waals surface area (Å²) in [5.41, 5.74) is 23.1. The van der Waals surface area contributed by atoms with Crippen LogP contribution in [-0.2, 0) is 10.8 Å². The largest absolute Gasteiger partial charge is 0.0622 e. The van der Waals surface area contributed by atoms with Gasteiger partial charge < -0.3 is 0 Å². The molecule has 54 heavy (non-hydrogen) atoms. The van der Waals surface area contributed by atoms with Gasteiger partial charge in [-0.05, 0) is 149 Å². The van der Waals surface area contributed by atoms with Crippen molar-refractivity contribution in [3.05, 3.63) is 204 Å². The number of benzene rings is 8. The topological polar surface area (TPSA) is 0 Å². The molecule has 0 bridgehead atoms. The van der Waals surface area contributed by atoms with Crippen molar-refractivity contribution in [2.45, 2.75) is 38.5 Å². The van der Waals surface area contributed by atoms with Crippen LogP contribution >= 0.6 is 0 Å². The van der Waals surface area contributed by atoms with Crippen LogP contribution in [0.2, 0.25) is 0 Å². The van der Waals surface area contributed by atoms with Crippen molar-refractivity contribution in [3.8, 4) is 77.9 Å². The van der Waals surface area contributed by atoms with Crippen LogP contribution in [0, 0.1) is 0 Å². The van der Waals surface area contributed by atoms with Gasteiger partial charge in [0.25, 0.3) is 0 Å². The van der Waals surface area contributed by atoms with Crippen molar-refractivity contribution in [3.63, 3.8) is 0 Å². The Morgan fingerprint density at radius 2 is 0.519 bits per heavy atom. The fourth-order valence-corrected chi connectivity index (χ4v) is 9.28. The lowest BCUT2D eigenvalue weighted by Crippen LogP contribution is -2.14. The van der Waals surface area contributed by atoms with E-state index >= 15 is 0 Å². The van der Waals surface area contributed by atoms with E-state index in [1.54, 1.807) is 0 Å². The molecule has 2 aliphatic carbocycles. The molecule has 0 nitrogen and oxygen atoms in total. The minimum absolute atomic E-state index is 0.0630. The van der Waals surface area contributed by atoms with Crippen LogP contribution in [-0.4, -0.2) is 0 Å². The monoisotopic (exact) mass is 690 g/mol. The predicted octanol–water partition coefficient (Wildman–Crippen LogP) is 14.6. The standard InChI is InChI=1S/C54H42/c1-53(2)49-21-13-11-19-45(49)47-25-23-37(33-51(47)53)41-27-39(35-15-7-5-8-16-35)29-43(31-41)44-30-40(36-17-9-6-10-18-36)28-42(32-44)38-24-26-48-46-20-12-14-22-50(46)54(3,4)52(48)34-38/h5-34H,1-4H3. The average molecular weight is 691 g/mol. The van der Waals surface area contributed by atoms with Gasteiger partial charge in [0.05, 0.1) is 0 Å². The third-order valence-electron chi connectivity index (χ3n) is 12.2. The van der Waals surface area contributed by atoms with Crippen LogP contribution in [0.3, 0.4) is 0 Å². The molecule has 0 atom stereocenters. The van der Waals surface area contributed by atoms with Gasteiger partial charge in [0.15, 0.2) is 0 Å². The second-order valence-electron chi connectivity index (χ2n) is 16.2. The summed E-state index contributed by atoms with van der Waals surface area (Å²) in [6, 6.07) is 68.0. The van der Waals surface area contributed by atoms with Crippen LogP contribution in [0.1, 0.15) is 49.9 Å². The smallest absolute Gasteiger partial charge is 0.0159 e. The van der Waals surface area contributed by atoms with E-state index < -0.39 is 0 Å². The molecule has 0 radical (unpaired) electrons. The Hall–Kier alpha value is -6.24. The van der Waals surface area contributed by atoms with E-state index in [-0.39, 0.29) is 10.8 Å². The molecule has 0 heterocycles. The van der Waals surface area contributed by atoms with Gasteiger partial charge >= 0.3 is 0 Å². The third-order valence-corrected chi connectivity index (χ3v) is 12.2. The molecule has 2 aliphatic rings. The van der Waals surface area contributed by atoms with Crippen LogP contribution in [0.5, 0.6) is 0 Å². The second kappa shape index (κ2) is 12.2. The maximum absolute atomic E-state index is 2.44. The first-order chi connectivity index (χ1) is 26.3. The minimum atomic E-state index is -0.0630. The summed E-state index contributed by atoms with van der Waals surface area (Å²) in [4.78, 5) is 0. The molecule has 0 saturated carbocycles. The fourth-order valence-electron chi connectivity index (χ4n) is 9.28. The van der Waals surface area contributed by atoms with Gasteiger partial charge in [-0.1, -0.05) is 161 Å². The van der Waals surface area contributed by atoms with Crippen molar-refractivity contribution in [1.82, 2.24) is 0 Å². The Kier molecular flexibility index (Phi) is 7.29. The Labute approximate surface area is 319 Å². The Balaban J connectivity index is 1.16. The first-order valence-electron chi connectivity index (χ1n) is 19.2. The molecule has 8 aromatic carbocycles. The second-order valence-corrected chi connectivity index (χ2v) is 16.2. The summed E-state index contributed by atoms with van der Waals surface area (Å²) in [5.74, 6) is 0. The fraction of sp³-hybridized carbons (Fsp3) is 0.111. The van der Waals surface area contributed by atoms with E-state index in [0.717, 1.165) is 0 Å². The van der Waals surface area contributed by atoms with E-state index in [1.807, 2.05) is 0 Å². The molecule has 0 fully saturated rings. The molecule has 258 valence electrons. The maximum atomic E-state index is 2.44. The maximum Gasteiger partial charge on any atom is 0.0159 e. The van der Waals surface area contributed by atoms with Crippen molar-refractivity contribution < 1.29 is 0 Å². The van der Waals surface area contributed by atoms with Gasteiger partial charge in [0.1, 0.15) is 0 Å². The zero-order valence-electron chi connectivity index (χ0n) is 31.3. The lowest BCUT2D eigenvalue weighted by atomic mass is 9.81. The highest BCUT2D eigenvalue weighted by atomic mass is 14.4. The molecule has 0 spiro atoms. The molecule has 10 rings (SSSR count). The zero-order chi connectivity index (χ0) is 36.6. The van der Waals surface area contributed by atoms with Gasteiger partial charge in [-0.3, -0.25) is 0 Å². The minimum Gasteiger partial charge on any atom is -0.0622 e. The van der Waals surface area contributed by atoms with Crippen LogP contribution in [0.25, 0.3) is 77.9 Å². The molecular weight excluding hydrogens is 649 g/mol. The first-order valence-corrected chi connectivity index (χ1v) is 19.2. The van der Waals surface area contributed by atoms with Crippen LogP contribution in [0.15, 0.2) is 182 Å². The van der Waals surface area contributed by atoms with Crippen LogP contribution < -0.4 is 0 Å². The molecule has 0 amide bonds. The summed E-state index contributed by atoms with van der Waals surface area (Å²) in [7, 11) is 0. The van der Waals surface area contributed by atoms with E-state index in [0.29, 0.717) is 0 Å². The molecule has 8 aromatic rings. The number of rotatable bonds is 5. The van der Waals surface area contributed by atoms with Crippen molar-refractivity contribution in [1.29, 1.82) is 0 Å². The summed E-state index contributed by atoms with van der Waals surface area (Å²) in [6.45, 7) is 9.45. The molecule has 0 N–H and O–H groups in total. The lowest BCUT2D eigenvalue weighted by molar-refractivity contribution is 0.660. The van der Waals surface area contributed by atoms with Gasteiger partial charge in [-0.2, -0.15) is 0 Å². The average Bonchev–Trinajstić information content (AvgIpc) is 3.60. The van der Waals surface area contributed by atoms with E-state index in [2.05, 4.69) is 210 Å². The van der Waals surface area contributed by atoms with Gasteiger partial charge in [0.2, 0.25) is 0 Å². The van der Waals surface area contributed by atoms with Crippen molar-refractivity contribution in [2.75, 3.05) is 0 Å². The first kappa shape index (κ1) is 32.4. The van der Waals surface area contributed by atoms with Gasteiger partial charge in [0, 0.05) is 10.8 Å². The zero-order valence-corrected chi connectivity index (χ0v) is 31.3. The Morgan fingerprint density at radius 1 is 0.222 bits per heavy atom. The third kappa shape index (κ3) is 5.12. The molecule has 0 aromatic heterocycles. The molecular formula is C54H42. The molecule has 0 heteroatoms.